The molecule has 2 N–H and O–H groups in total. The van der Waals surface area contributed by atoms with E-state index in [1.165, 1.54) is 50.6 Å². The topological polar surface area (TPSA) is 113 Å². The molecule has 0 spiro atoms. The van der Waals surface area contributed by atoms with Gasteiger partial charge >= 0.3 is 6.01 Å². The summed E-state index contributed by atoms with van der Waals surface area (Å²) in [6.45, 7) is 4.08. The fourth-order valence-corrected chi connectivity index (χ4v) is 10.6. The Kier molecular flexibility index (Phi) is 9.26. The van der Waals surface area contributed by atoms with Gasteiger partial charge in [-0.1, -0.05) is 18.4 Å². The number of methoxy groups -OCH3 is 1. The summed E-state index contributed by atoms with van der Waals surface area (Å²) in [4.78, 5) is 19.0. The zero-order valence-corrected chi connectivity index (χ0v) is 31.6. The van der Waals surface area contributed by atoms with Crippen LogP contribution in [0, 0.1) is 29.4 Å². The van der Waals surface area contributed by atoms with Gasteiger partial charge in [0.05, 0.1) is 37.1 Å². The quantitative estimate of drug-likeness (QED) is 0.187. The molecule has 0 amide bonds. The number of phenolic OH excluding ortho intramolecular Hbond substituents is 1. The van der Waals surface area contributed by atoms with Gasteiger partial charge in [-0.3, -0.25) is 4.90 Å². The van der Waals surface area contributed by atoms with Crippen LogP contribution >= 0.6 is 0 Å². The second kappa shape index (κ2) is 14.0. The van der Waals surface area contributed by atoms with Gasteiger partial charge in [-0.2, -0.15) is 9.97 Å². The van der Waals surface area contributed by atoms with Crippen molar-refractivity contribution in [2.45, 2.75) is 114 Å². The number of benzene rings is 2. The number of terminal acetylenes is 1. The lowest BCUT2D eigenvalue weighted by Gasteiger charge is -2.45. The minimum atomic E-state index is -1.00. The second-order valence-corrected chi connectivity index (χ2v) is 17.0. The predicted molar refractivity (Wildman–Crippen MR) is 205 cm³/mol. The van der Waals surface area contributed by atoms with Gasteiger partial charge in [-0.15, -0.1) is 6.42 Å². The van der Waals surface area contributed by atoms with E-state index in [0.717, 1.165) is 51.5 Å². The van der Waals surface area contributed by atoms with E-state index in [0.29, 0.717) is 61.5 Å². The fourth-order valence-electron chi connectivity index (χ4n) is 10.6. The number of halogens is 2. The zero-order chi connectivity index (χ0) is 38.1. The van der Waals surface area contributed by atoms with Gasteiger partial charge in [0, 0.05) is 41.5 Å². The molecule has 12 heteroatoms. The molecule has 5 aliphatic rings. The van der Waals surface area contributed by atoms with E-state index in [-0.39, 0.29) is 62.7 Å². The van der Waals surface area contributed by atoms with Crippen molar-refractivity contribution in [3.63, 3.8) is 0 Å². The predicted octanol–water partition coefficient (Wildman–Crippen LogP) is 7.28. The van der Waals surface area contributed by atoms with Gasteiger partial charge in [-0.25, -0.2) is 13.8 Å². The summed E-state index contributed by atoms with van der Waals surface area (Å²) < 4.78 is 51.0. The van der Waals surface area contributed by atoms with Gasteiger partial charge in [0.25, 0.3) is 0 Å². The Hall–Kier alpha value is -4.31. The molecule has 5 fully saturated rings. The van der Waals surface area contributed by atoms with Crippen molar-refractivity contribution < 1.29 is 33.2 Å². The molecule has 6 heterocycles. The maximum Gasteiger partial charge on any atom is 0.319 e. The number of pyridine rings is 1. The van der Waals surface area contributed by atoms with Crippen molar-refractivity contribution in [3.8, 4) is 41.2 Å². The lowest BCUT2D eigenvalue weighted by molar-refractivity contribution is -0.0520. The molecule has 2 aromatic carbocycles. The summed E-state index contributed by atoms with van der Waals surface area (Å²) in [7, 11) is 1.43. The summed E-state index contributed by atoms with van der Waals surface area (Å²) in [5.41, 5.74) is -1.36. The largest absolute Gasteiger partial charge is 0.508 e. The Morgan fingerprint density at radius 1 is 0.982 bits per heavy atom. The molecule has 55 heavy (non-hydrogen) atoms. The van der Waals surface area contributed by atoms with Gasteiger partial charge in [0.15, 0.2) is 5.82 Å². The fraction of sp³-hybridized carbons (Fsp3) is 0.558. The molecular weight excluding hydrogens is 704 g/mol. The smallest absolute Gasteiger partial charge is 0.319 e. The molecule has 4 aliphatic heterocycles. The maximum atomic E-state index is 17.3. The monoisotopic (exact) mass is 753 g/mol. The number of piperidine rings is 1. The molecule has 3 unspecified atom stereocenters. The lowest BCUT2D eigenvalue weighted by atomic mass is 9.70. The highest BCUT2D eigenvalue weighted by Crippen LogP contribution is 2.48. The van der Waals surface area contributed by atoms with Crippen molar-refractivity contribution >= 4 is 27.5 Å². The Labute approximate surface area is 320 Å². The first-order valence-corrected chi connectivity index (χ1v) is 19.9. The highest BCUT2D eigenvalue weighted by atomic mass is 19.1. The van der Waals surface area contributed by atoms with E-state index in [9.17, 15) is 10.2 Å². The van der Waals surface area contributed by atoms with Crippen molar-refractivity contribution in [3.05, 3.63) is 41.5 Å². The highest BCUT2D eigenvalue weighted by Gasteiger charge is 2.46. The van der Waals surface area contributed by atoms with Crippen molar-refractivity contribution in [1.82, 2.24) is 19.9 Å². The van der Waals surface area contributed by atoms with Crippen molar-refractivity contribution in [2.75, 3.05) is 38.3 Å². The number of likely N-dealkylation sites (tertiary alicyclic amines) is 1. The van der Waals surface area contributed by atoms with Crippen LogP contribution in [0.2, 0.25) is 0 Å². The van der Waals surface area contributed by atoms with Crippen LogP contribution in [0.5, 0.6) is 17.6 Å². The molecule has 5 atom stereocenters. The Bertz CT molecular complexity index is 2180. The van der Waals surface area contributed by atoms with Crippen LogP contribution in [0.1, 0.15) is 89.5 Å². The number of rotatable bonds is 7. The normalized spacial score (nSPS) is 29.6. The second-order valence-electron chi connectivity index (χ2n) is 17.0. The Morgan fingerprint density at radius 2 is 1.76 bits per heavy atom. The molecule has 10 nitrogen and oxygen atoms in total. The minimum Gasteiger partial charge on any atom is -0.508 e. The third-order valence-electron chi connectivity index (χ3n) is 13.1. The average molecular weight is 754 g/mol. The summed E-state index contributed by atoms with van der Waals surface area (Å²) >= 11 is 0. The third-order valence-corrected chi connectivity index (χ3v) is 13.1. The molecule has 4 bridgehead atoms. The molecule has 290 valence electrons. The Balaban J connectivity index is 1.12. The number of hydrogen-bond donors (Lipinski definition) is 2. The molecule has 1 saturated carbocycles. The number of β-amino-alcohol motifs (C(OH)–C–C–N with tert-alkyl or cyclic N) is 1. The number of phenols is 1. The van der Waals surface area contributed by atoms with Crippen molar-refractivity contribution in [2.24, 2.45) is 5.41 Å². The van der Waals surface area contributed by atoms with Gasteiger partial charge in [0.2, 0.25) is 5.88 Å². The summed E-state index contributed by atoms with van der Waals surface area (Å²) in [6, 6.07) is 6.54. The van der Waals surface area contributed by atoms with Crippen LogP contribution in [-0.2, 0) is 4.74 Å². The van der Waals surface area contributed by atoms with E-state index in [4.69, 9.17) is 30.6 Å². The van der Waals surface area contributed by atoms with Crippen LogP contribution < -0.4 is 14.4 Å². The van der Waals surface area contributed by atoms with E-state index in [1.807, 2.05) is 4.90 Å². The molecule has 0 radical (unpaired) electrons. The highest BCUT2D eigenvalue weighted by molar-refractivity contribution is 6.04. The number of aromatic hydroxyl groups is 1. The van der Waals surface area contributed by atoms with Gasteiger partial charge in [0.1, 0.15) is 34.0 Å². The Morgan fingerprint density at radius 3 is 2.53 bits per heavy atom. The standard InChI is InChI=1S/C43H49F2N5O5/c1-4-31-33(44)12-9-25-18-28(51)21-32(34(25)31)37-36(45)38-35(40(46-37)53-3)39(49-16-6-13-42(2,52)23-49)48-41(47-38)54-24-43-14-5-8-26(22-43)50(17-7-15-43)27-19-29-10-11-30(20-27)55-29/h1,9,12,18,21,26-27,29-30,51-52H,5-8,10-11,13-17,19-20,22-24H2,2-3H3/t26-,27?,29?,30?,42+,43?/m0/s1. The van der Waals surface area contributed by atoms with Gasteiger partial charge < -0.3 is 29.3 Å². The number of aromatic nitrogens is 3. The van der Waals surface area contributed by atoms with Gasteiger partial charge in [-0.05, 0) is 108 Å². The molecule has 4 saturated heterocycles. The van der Waals surface area contributed by atoms with Crippen LogP contribution in [0.25, 0.3) is 32.9 Å². The number of aliphatic hydroxyl groups is 1. The molecule has 2 aromatic heterocycles. The van der Waals surface area contributed by atoms with Crippen LogP contribution in [0.15, 0.2) is 24.3 Å². The first-order valence-electron chi connectivity index (χ1n) is 19.9. The summed E-state index contributed by atoms with van der Waals surface area (Å²) in [5.74, 6) is 1.14. The van der Waals surface area contributed by atoms with Crippen molar-refractivity contribution in [1.29, 1.82) is 0 Å². The maximum absolute atomic E-state index is 17.3. The third kappa shape index (κ3) is 6.62. The van der Waals surface area contributed by atoms with Crippen LogP contribution in [-0.4, -0.2) is 93.3 Å². The first-order chi connectivity index (χ1) is 26.5. The summed E-state index contributed by atoms with van der Waals surface area (Å²) in [6.07, 6.45) is 18.9. The van der Waals surface area contributed by atoms with E-state index in [1.54, 1.807) is 6.92 Å². The van der Waals surface area contributed by atoms with E-state index in [2.05, 4.69) is 15.8 Å². The van der Waals surface area contributed by atoms with E-state index < -0.39 is 17.2 Å². The lowest BCUT2D eigenvalue weighted by Crippen LogP contribution is -2.50. The number of anilines is 1. The molecule has 9 rings (SSSR count). The number of hydrogen-bond acceptors (Lipinski definition) is 10. The van der Waals surface area contributed by atoms with Crippen LogP contribution in [0.3, 0.4) is 0 Å². The summed E-state index contributed by atoms with van der Waals surface area (Å²) in [5, 5.41) is 22.8. The first kappa shape index (κ1) is 36.3. The molecule has 4 aromatic rings. The molecular formula is C43H49F2N5O5. The minimum absolute atomic E-state index is 0.0283. The number of ether oxygens (including phenoxy) is 3. The molecule has 1 aliphatic carbocycles. The van der Waals surface area contributed by atoms with E-state index >= 15 is 8.78 Å². The van der Waals surface area contributed by atoms with Crippen LogP contribution in [0.4, 0.5) is 14.6 Å². The number of nitrogens with zero attached hydrogens (tertiary/aromatic N) is 5. The SMILES string of the molecule is C#Cc1c(F)ccc2cc(O)cc(-c3nc(OC)c4c(N5CCC[C@@](C)(O)C5)nc(OCC56CCC[C@@H](C5)N(C5CC7CCC(C5)O7)CCC6)nc4c3F)c12. The number of fused-ring (bicyclic) bond motifs is 6. The zero-order valence-electron chi connectivity index (χ0n) is 31.6. The average Bonchev–Trinajstić information content (AvgIpc) is 3.45.